The molecule has 12 N–H and O–H groups in total. The predicted molar refractivity (Wildman–Crippen MR) is 134 cm³/mol. The van der Waals surface area contributed by atoms with E-state index in [1.54, 1.807) is 0 Å². The molecule has 0 spiro atoms. The molecule has 3 aliphatic rings. The summed E-state index contributed by atoms with van der Waals surface area (Å²) in [5, 5.41) is 115. The molecule has 3 aliphatic heterocycles. The van der Waals surface area contributed by atoms with Gasteiger partial charge in [0.25, 0.3) is 5.79 Å². The van der Waals surface area contributed by atoms with Gasteiger partial charge in [0.1, 0.15) is 67.1 Å². The average Bonchev–Trinajstić information content (AvgIpc) is 2.96. The van der Waals surface area contributed by atoms with Gasteiger partial charge in [-0.15, -0.1) is 0 Å². The molecule has 3 saturated heterocycles. The van der Waals surface area contributed by atoms with Crippen LogP contribution in [0.2, 0.25) is 0 Å². The van der Waals surface area contributed by atoms with Crippen LogP contribution in [0.15, 0.2) is 0 Å². The summed E-state index contributed by atoms with van der Waals surface area (Å²) in [5.41, 5.74) is 0. The van der Waals surface area contributed by atoms with E-state index in [2.05, 4.69) is 5.32 Å². The molecule has 0 aromatic carbocycles. The molecule has 3 heterocycles. The molecule has 250 valence electrons. The number of carbonyl (C=O) groups excluding carboxylic acids is 1. The van der Waals surface area contributed by atoms with Crippen LogP contribution in [0.5, 0.6) is 0 Å². The molecule has 19 nitrogen and oxygen atoms in total. The van der Waals surface area contributed by atoms with Crippen molar-refractivity contribution in [2.75, 3.05) is 19.8 Å². The van der Waals surface area contributed by atoms with Gasteiger partial charge in [-0.25, -0.2) is 4.79 Å². The second-order valence-corrected chi connectivity index (χ2v) is 10.8. The largest absolute Gasteiger partial charge is 0.477 e. The highest BCUT2D eigenvalue weighted by Crippen LogP contribution is 2.35. The van der Waals surface area contributed by atoms with E-state index in [4.69, 9.17) is 23.7 Å². The van der Waals surface area contributed by atoms with Gasteiger partial charge in [0.2, 0.25) is 5.91 Å². The average molecular weight is 632 g/mol. The van der Waals surface area contributed by atoms with Crippen molar-refractivity contribution in [3.8, 4) is 0 Å². The lowest BCUT2D eigenvalue weighted by molar-refractivity contribution is -0.356. The van der Waals surface area contributed by atoms with E-state index in [1.165, 1.54) is 6.92 Å². The van der Waals surface area contributed by atoms with Crippen molar-refractivity contribution >= 4 is 11.9 Å². The van der Waals surface area contributed by atoms with Crippen molar-refractivity contribution in [2.45, 2.75) is 118 Å². The summed E-state index contributed by atoms with van der Waals surface area (Å²) in [4.78, 5) is 24.1. The minimum atomic E-state index is -2.80. The van der Waals surface area contributed by atoms with E-state index in [0.29, 0.717) is 0 Å². The molecule has 3 fully saturated rings. The van der Waals surface area contributed by atoms with Gasteiger partial charge in [-0.05, 0) is 6.92 Å². The SMILES string of the molecule is CC(=O)NC1C(O)CC(OCC2OC(OC3C(CO)OC(C)C(O)C3O)C(O)C(O)C2O)(C(=O)O)OC1[C@H](O)[C@H](O)CO. The van der Waals surface area contributed by atoms with Crippen molar-refractivity contribution in [2.24, 2.45) is 0 Å². The first-order chi connectivity index (χ1) is 20.1. The molecule has 0 aromatic rings. The van der Waals surface area contributed by atoms with Gasteiger partial charge in [0.15, 0.2) is 6.29 Å². The Morgan fingerprint density at radius 3 is 2.16 bits per heavy atom. The fourth-order valence-corrected chi connectivity index (χ4v) is 5.26. The van der Waals surface area contributed by atoms with Crippen LogP contribution in [0.4, 0.5) is 0 Å². The van der Waals surface area contributed by atoms with Crippen LogP contribution in [-0.2, 0) is 33.3 Å². The number of hydrogen-bond donors (Lipinski definition) is 12. The number of nitrogens with one attached hydrogen (secondary N) is 1. The van der Waals surface area contributed by atoms with Gasteiger partial charge in [-0.3, -0.25) is 4.79 Å². The molecule has 0 aliphatic carbocycles. The van der Waals surface area contributed by atoms with Gasteiger partial charge < -0.3 is 85.2 Å². The Labute approximate surface area is 244 Å². The number of carboxylic acid groups (broad SMARTS) is 1. The van der Waals surface area contributed by atoms with Crippen molar-refractivity contribution in [3.63, 3.8) is 0 Å². The second-order valence-electron chi connectivity index (χ2n) is 10.8. The third kappa shape index (κ3) is 7.60. The third-order valence-electron chi connectivity index (χ3n) is 7.73. The number of aliphatic hydroxyl groups is 10. The van der Waals surface area contributed by atoms with Crippen LogP contribution in [0.1, 0.15) is 20.3 Å². The maximum absolute atomic E-state index is 12.4. The minimum Gasteiger partial charge on any atom is -0.477 e. The molecule has 0 aromatic heterocycles. The quantitative estimate of drug-likeness (QED) is 0.101. The van der Waals surface area contributed by atoms with Crippen molar-refractivity contribution < 1.29 is 89.4 Å². The lowest BCUT2D eigenvalue weighted by Gasteiger charge is -2.48. The number of carboxylic acids is 1. The first-order valence-electron chi connectivity index (χ1n) is 13.5. The molecule has 19 heteroatoms. The minimum absolute atomic E-state index is 0.683. The Morgan fingerprint density at radius 1 is 0.953 bits per heavy atom. The smallest absolute Gasteiger partial charge is 0.364 e. The molecule has 1 amide bonds. The van der Waals surface area contributed by atoms with Gasteiger partial charge in [0.05, 0.1) is 38.1 Å². The number of rotatable bonds is 11. The Balaban J connectivity index is 1.82. The normalized spacial score (nSPS) is 45.3. The van der Waals surface area contributed by atoms with Crippen LogP contribution in [0, 0.1) is 0 Å². The van der Waals surface area contributed by atoms with E-state index < -0.39 is 136 Å². The monoisotopic (exact) mass is 631 g/mol. The highest BCUT2D eigenvalue weighted by Gasteiger charge is 2.57. The first kappa shape index (κ1) is 35.8. The maximum Gasteiger partial charge on any atom is 0.364 e. The Hall–Kier alpha value is -1.66. The standard InChI is InChI=1S/C24H41NO18/c1-7-14(31)18(35)20(11(5-27)40-7)42-22-19(36)17(34)16(33)12(41-22)6-39-24(23(37)38)3-9(29)13(25-8(2)28)21(43-24)15(32)10(30)4-26/h7,9-22,26-27,29-36H,3-6H2,1-2H3,(H,25,28)(H,37,38)/t7?,9?,10-,11?,12?,13?,14?,15-,16?,17?,18?,19?,20?,21?,22?,24?/m1/s1. The molecule has 14 unspecified atom stereocenters. The summed E-state index contributed by atoms with van der Waals surface area (Å²) >= 11 is 0. The van der Waals surface area contributed by atoms with Gasteiger partial charge in [-0.1, -0.05) is 0 Å². The maximum atomic E-state index is 12.4. The summed E-state index contributed by atoms with van der Waals surface area (Å²) < 4.78 is 27.4. The number of hydrogen-bond acceptors (Lipinski definition) is 17. The number of amides is 1. The Morgan fingerprint density at radius 2 is 1.60 bits per heavy atom. The number of carbonyl (C=O) groups is 2. The number of ether oxygens (including phenoxy) is 5. The molecule has 43 heavy (non-hydrogen) atoms. The molecular formula is C24H41NO18. The van der Waals surface area contributed by atoms with Gasteiger partial charge in [-0.2, -0.15) is 0 Å². The summed E-state index contributed by atoms with van der Waals surface area (Å²) in [6.45, 7) is -0.106. The first-order valence-corrected chi connectivity index (χ1v) is 13.5. The molecule has 0 radical (unpaired) electrons. The molecule has 16 atom stereocenters. The van der Waals surface area contributed by atoms with Crippen molar-refractivity contribution in [1.29, 1.82) is 0 Å². The van der Waals surface area contributed by atoms with Crippen LogP contribution in [0.25, 0.3) is 0 Å². The van der Waals surface area contributed by atoms with E-state index in [-0.39, 0.29) is 0 Å². The fraction of sp³-hybridized carbons (Fsp3) is 0.917. The topological polar surface area (TPSA) is 315 Å². The highest BCUT2D eigenvalue weighted by molar-refractivity contribution is 5.76. The molecular weight excluding hydrogens is 590 g/mol. The number of aliphatic hydroxyl groups excluding tert-OH is 10. The van der Waals surface area contributed by atoms with Gasteiger partial charge in [0, 0.05) is 13.3 Å². The van der Waals surface area contributed by atoms with E-state index >= 15 is 0 Å². The van der Waals surface area contributed by atoms with Crippen molar-refractivity contribution in [3.05, 3.63) is 0 Å². The molecule has 3 rings (SSSR count). The van der Waals surface area contributed by atoms with Crippen LogP contribution in [0.3, 0.4) is 0 Å². The third-order valence-corrected chi connectivity index (χ3v) is 7.73. The lowest BCUT2D eigenvalue weighted by atomic mass is 9.88. The van der Waals surface area contributed by atoms with E-state index in [1.807, 2.05) is 0 Å². The lowest BCUT2D eigenvalue weighted by Crippen LogP contribution is -2.68. The Kier molecular flexibility index (Phi) is 12.2. The zero-order valence-corrected chi connectivity index (χ0v) is 23.3. The van der Waals surface area contributed by atoms with Crippen LogP contribution < -0.4 is 5.32 Å². The van der Waals surface area contributed by atoms with Crippen LogP contribution in [-0.4, -0.2) is 185 Å². The van der Waals surface area contributed by atoms with E-state index in [0.717, 1.165) is 6.92 Å². The summed E-state index contributed by atoms with van der Waals surface area (Å²) in [6, 6.07) is -1.46. The van der Waals surface area contributed by atoms with Crippen molar-refractivity contribution in [1.82, 2.24) is 5.32 Å². The van der Waals surface area contributed by atoms with E-state index in [9.17, 15) is 65.8 Å². The predicted octanol–water partition coefficient (Wildman–Crippen LogP) is -7.15. The Bertz CT molecular complexity index is 942. The zero-order valence-electron chi connectivity index (χ0n) is 23.3. The zero-order chi connectivity index (χ0) is 32.4. The second kappa shape index (κ2) is 14.6. The number of aliphatic carboxylic acids is 1. The molecule has 0 saturated carbocycles. The molecule has 0 bridgehead atoms. The van der Waals surface area contributed by atoms with Crippen LogP contribution >= 0.6 is 0 Å². The fourth-order valence-electron chi connectivity index (χ4n) is 5.26. The summed E-state index contributed by atoms with van der Waals surface area (Å²) in [7, 11) is 0. The van der Waals surface area contributed by atoms with Gasteiger partial charge >= 0.3 is 5.97 Å². The summed E-state index contributed by atoms with van der Waals surface area (Å²) in [5.74, 6) is -5.35. The highest BCUT2D eigenvalue weighted by atomic mass is 16.8. The summed E-state index contributed by atoms with van der Waals surface area (Å²) in [6.07, 6.45) is -24.5.